The van der Waals surface area contributed by atoms with E-state index in [0.717, 1.165) is 22.0 Å². The number of nitrogens with one attached hydrogen (secondary N) is 2. The highest BCUT2D eigenvalue weighted by molar-refractivity contribution is 7.09. The monoisotopic (exact) mass is 348 g/mol. The van der Waals surface area contributed by atoms with Crippen LogP contribution in [0.4, 0.5) is 4.79 Å². The molecule has 0 saturated carbocycles. The smallest absolute Gasteiger partial charge is 0.315 e. The molecule has 2 rings (SSSR count). The second-order valence-electron chi connectivity index (χ2n) is 5.70. The fraction of sp³-hybridized carbons (Fsp3) is 0.412. The van der Waals surface area contributed by atoms with Gasteiger partial charge in [-0.15, -0.1) is 11.3 Å². The van der Waals surface area contributed by atoms with Crippen LogP contribution in [0, 0.1) is 6.92 Å². The number of carbonyl (C=O) groups is 1. The van der Waals surface area contributed by atoms with Crippen LogP contribution in [0.25, 0.3) is 0 Å². The summed E-state index contributed by atoms with van der Waals surface area (Å²) in [7, 11) is 5.62. The van der Waals surface area contributed by atoms with Gasteiger partial charge in [0.1, 0.15) is 10.8 Å². The van der Waals surface area contributed by atoms with E-state index >= 15 is 0 Å². The summed E-state index contributed by atoms with van der Waals surface area (Å²) in [4.78, 5) is 18.4. The van der Waals surface area contributed by atoms with E-state index < -0.39 is 0 Å². The van der Waals surface area contributed by atoms with Gasteiger partial charge in [0, 0.05) is 17.6 Å². The molecular weight excluding hydrogens is 324 g/mol. The minimum Gasteiger partial charge on any atom is -0.497 e. The van der Waals surface area contributed by atoms with Crippen molar-refractivity contribution >= 4 is 17.4 Å². The third kappa shape index (κ3) is 5.21. The summed E-state index contributed by atoms with van der Waals surface area (Å²) in [5.41, 5.74) is 2.07. The largest absolute Gasteiger partial charge is 0.497 e. The Balaban J connectivity index is 1.89. The van der Waals surface area contributed by atoms with Gasteiger partial charge < -0.3 is 20.3 Å². The number of thiazole rings is 1. The highest BCUT2D eigenvalue weighted by Gasteiger charge is 2.16. The average molecular weight is 348 g/mol. The van der Waals surface area contributed by atoms with Crippen LogP contribution in [-0.2, 0) is 6.54 Å². The first-order valence-electron chi connectivity index (χ1n) is 7.72. The predicted octanol–water partition coefficient (Wildman–Crippen LogP) is 2.56. The van der Waals surface area contributed by atoms with E-state index in [4.69, 9.17) is 4.74 Å². The molecule has 130 valence electrons. The van der Waals surface area contributed by atoms with Gasteiger partial charge in [-0.25, -0.2) is 9.78 Å². The Kier molecular flexibility index (Phi) is 6.57. The second-order valence-corrected chi connectivity index (χ2v) is 6.64. The fourth-order valence-electron chi connectivity index (χ4n) is 2.34. The summed E-state index contributed by atoms with van der Waals surface area (Å²) >= 11 is 1.55. The van der Waals surface area contributed by atoms with Gasteiger partial charge in [0.25, 0.3) is 0 Å². The molecule has 1 aromatic carbocycles. The van der Waals surface area contributed by atoms with Crippen molar-refractivity contribution < 1.29 is 9.53 Å². The summed E-state index contributed by atoms with van der Waals surface area (Å²) in [5, 5.41) is 8.63. The first-order valence-corrected chi connectivity index (χ1v) is 8.60. The molecule has 2 amide bonds. The molecule has 2 N–H and O–H groups in total. The number of ether oxygens (including phenoxy) is 1. The van der Waals surface area contributed by atoms with Gasteiger partial charge in [0.2, 0.25) is 0 Å². The van der Waals surface area contributed by atoms with E-state index in [0.29, 0.717) is 13.1 Å². The van der Waals surface area contributed by atoms with Gasteiger partial charge in [0.15, 0.2) is 0 Å². The third-order valence-electron chi connectivity index (χ3n) is 3.62. The van der Waals surface area contributed by atoms with E-state index in [1.165, 1.54) is 0 Å². The number of urea groups is 1. The van der Waals surface area contributed by atoms with Gasteiger partial charge in [-0.1, -0.05) is 12.1 Å². The fourth-order valence-corrected chi connectivity index (χ4v) is 3.05. The number of rotatable bonds is 7. The van der Waals surface area contributed by atoms with Crippen LogP contribution in [0.1, 0.15) is 22.3 Å². The van der Waals surface area contributed by atoms with Crippen LogP contribution in [0.5, 0.6) is 5.75 Å². The predicted molar refractivity (Wildman–Crippen MR) is 96.5 cm³/mol. The normalized spacial score (nSPS) is 12.0. The average Bonchev–Trinajstić information content (AvgIpc) is 2.98. The lowest BCUT2D eigenvalue weighted by molar-refractivity contribution is 0.232. The minimum absolute atomic E-state index is 0.0629. The summed E-state index contributed by atoms with van der Waals surface area (Å²) in [6, 6.07) is 7.75. The maximum Gasteiger partial charge on any atom is 0.315 e. The third-order valence-corrected chi connectivity index (χ3v) is 4.59. The molecule has 0 aliphatic rings. The number of nitrogens with zero attached hydrogens (tertiary/aromatic N) is 2. The maximum atomic E-state index is 12.0. The lowest BCUT2D eigenvalue weighted by Crippen LogP contribution is -2.40. The number of likely N-dealkylation sites (N-methyl/N-ethyl adjacent to an activating group) is 1. The topological polar surface area (TPSA) is 66.5 Å². The number of aromatic nitrogens is 1. The summed E-state index contributed by atoms with van der Waals surface area (Å²) < 4.78 is 5.28. The van der Waals surface area contributed by atoms with E-state index in [-0.39, 0.29) is 12.1 Å². The van der Waals surface area contributed by atoms with Crippen LogP contribution in [0.2, 0.25) is 0 Å². The summed E-state index contributed by atoms with van der Waals surface area (Å²) in [6.07, 6.45) is 0. The van der Waals surface area contributed by atoms with Crippen molar-refractivity contribution in [1.82, 2.24) is 20.5 Å². The molecule has 1 heterocycles. The van der Waals surface area contributed by atoms with Crippen molar-refractivity contribution in [2.24, 2.45) is 0 Å². The van der Waals surface area contributed by atoms with Crippen molar-refractivity contribution in [3.8, 4) is 5.75 Å². The number of methoxy groups -OCH3 is 1. The van der Waals surface area contributed by atoms with Gasteiger partial charge in [0.05, 0.1) is 19.7 Å². The molecule has 0 aliphatic carbocycles. The highest BCUT2D eigenvalue weighted by Crippen LogP contribution is 2.22. The number of benzene rings is 1. The van der Waals surface area contributed by atoms with E-state index in [2.05, 4.69) is 20.5 Å². The molecule has 0 spiro atoms. The lowest BCUT2D eigenvalue weighted by Gasteiger charge is -2.25. The molecule has 2 aromatic rings. The summed E-state index contributed by atoms with van der Waals surface area (Å²) in [6.45, 7) is 2.88. The van der Waals surface area contributed by atoms with Crippen molar-refractivity contribution in [2.75, 3.05) is 27.7 Å². The molecule has 1 atom stereocenters. The molecular formula is C17H24N4O2S. The van der Waals surface area contributed by atoms with Crippen molar-refractivity contribution in [2.45, 2.75) is 19.5 Å². The summed E-state index contributed by atoms with van der Waals surface area (Å²) in [5.74, 6) is 0.808. The zero-order valence-corrected chi connectivity index (χ0v) is 15.3. The molecule has 0 fully saturated rings. The van der Waals surface area contributed by atoms with Gasteiger partial charge in [-0.05, 0) is 38.7 Å². The quantitative estimate of drug-likeness (QED) is 0.807. The highest BCUT2D eigenvalue weighted by atomic mass is 32.1. The number of carbonyl (C=O) groups excluding carboxylic acids is 1. The molecule has 1 unspecified atom stereocenters. The Bertz CT molecular complexity index is 672. The zero-order chi connectivity index (χ0) is 17.5. The Labute approximate surface area is 146 Å². The van der Waals surface area contributed by atoms with Crippen LogP contribution in [0.3, 0.4) is 0 Å². The Morgan fingerprint density at radius 3 is 2.79 bits per heavy atom. The molecule has 0 radical (unpaired) electrons. The minimum atomic E-state index is -0.197. The Morgan fingerprint density at radius 1 is 1.38 bits per heavy atom. The van der Waals surface area contributed by atoms with Crippen molar-refractivity contribution in [3.63, 3.8) is 0 Å². The number of amides is 2. The Morgan fingerprint density at radius 2 is 2.17 bits per heavy atom. The molecule has 7 heteroatoms. The lowest BCUT2D eigenvalue weighted by atomic mass is 10.1. The van der Waals surface area contributed by atoms with Crippen LogP contribution < -0.4 is 15.4 Å². The second kappa shape index (κ2) is 8.65. The van der Waals surface area contributed by atoms with E-state index in [1.54, 1.807) is 18.4 Å². The number of hydrogen-bond donors (Lipinski definition) is 2. The van der Waals surface area contributed by atoms with Crippen LogP contribution in [0.15, 0.2) is 29.6 Å². The van der Waals surface area contributed by atoms with E-state index in [9.17, 15) is 4.79 Å². The number of hydrogen-bond acceptors (Lipinski definition) is 5. The van der Waals surface area contributed by atoms with Gasteiger partial charge in [-0.3, -0.25) is 0 Å². The molecule has 0 saturated heterocycles. The molecule has 0 aliphatic heterocycles. The van der Waals surface area contributed by atoms with Crippen molar-refractivity contribution in [3.05, 3.63) is 45.9 Å². The van der Waals surface area contributed by atoms with Crippen molar-refractivity contribution in [1.29, 1.82) is 0 Å². The number of aryl methyl sites for hydroxylation is 1. The maximum absolute atomic E-state index is 12.0. The first-order chi connectivity index (χ1) is 11.5. The van der Waals surface area contributed by atoms with Gasteiger partial charge >= 0.3 is 6.03 Å². The molecule has 1 aromatic heterocycles. The molecule has 24 heavy (non-hydrogen) atoms. The van der Waals surface area contributed by atoms with Crippen LogP contribution in [-0.4, -0.2) is 43.7 Å². The van der Waals surface area contributed by atoms with Gasteiger partial charge in [-0.2, -0.15) is 0 Å². The van der Waals surface area contributed by atoms with Crippen LogP contribution >= 0.6 is 11.3 Å². The zero-order valence-electron chi connectivity index (χ0n) is 14.5. The standard InChI is InChI=1S/C17H24N4O2S/c1-12-11-24-16(20-12)10-19-17(22)18-9-15(21(2)3)13-6-5-7-14(8-13)23-4/h5-8,11,15H,9-10H2,1-4H3,(H2,18,19,22). The first kappa shape index (κ1) is 18.2. The SMILES string of the molecule is COc1cccc(C(CNC(=O)NCc2nc(C)cs2)N(C)C)c1. The Hall–Kier alpha value is -2.12. The molecule has 6 nitrogen and oxygen atoms in total. The molecule has 0 bridgehead atoms. The van der Waals surface area contributed by atoms with E-state index in [1.807, 2.05) is 50.7 Å².